The van der Waals surface area contributed by atoms with Crippen LogP contribution in [0.4, 0.5) is 11.4 Å². The Hall–Kier alpha value is -3.42. The van der Waals surface area contributed by atoms with E-state index in [0.29, 0.717) is 24.3 Å². The summed E-state index contributed by atoms with van der Waals surface area (Å²) < 4.78 is 1.44. The van der Waals surface area contributed by atoms with Crippen molar-refractivity contribution < 1.29 is 4.79 Å². The molecule has 0 radical (unpaired) electrons. The molecule has 1 fully saturated rings. The summed E-state index contributed by atoms with van der Waals surface area (Å²) in [6.07, 6.45) is 3.03. The van der Waals surface area contributed by atoms with Crippen molar-refractivity contribution in [3.8, 4) is 0 Å². The van der Waals surface area contributed by atoms with Crippen molar-refractivity contribution in [2.45, 2.75) is 52.5 Å². The maximum Gasteiger partial charge on any atom is 0.329 e. The van der Waals surface area contributed by atoms with Crippen molar-refractivity contribution in [1.82, 2.24) is 14.5 Å². The van der Waals surface area contributed by atoms with Crippen LogP contribution in [0.15, 0.2) is 39.9 Å². The van der Waals surface area contributed by atoms with E-state index in [0.717, 1.165) is 18.8 Å². The van der Waals surface area contributed by atoms with Gasteiger partial charge in [-0.15, -0.1) is 0 Å². The van der Waals surface area contributed by atoms with Crippen molar-refractivity contribution in [2.24, 2.45) is 0 Å². The number of H-pyrrole nitrogens is 1. The van der Waals surface area contributed by atoms with Crippen LogP contribution >= 0.6 is 0 Å². The highest BCUT2D eigenvalue weighted by molar-refractivity contribution is 6.12. The zero-order chi connectivity index (χ0) is 22.8. The molecule has 0 bridgehead atoms. The van der Waals surface area contributed by atoms with Gasteiger partial charge in [-0.1, -0.05) is 26.8 Å². The first-order chi connectivity index (χ1) is 15.4. The Bertz CT molecular complexity index is 1270. The monoisotopic (exact) mass is 435 g/mol. The van der Waals surface area contributed by atoms with E-state index >= 15 is 0 Å². The van der Waals surface area contributed by atoms with Crippen molar-refractivity contribution in [3.63, 3.8) is 0 Å². The standard InChI is InChI=1S/C24H29N5O3/c1-4-10-29-21-20(23(31)27-24(29)32)18(14-19(26-21)15(2)3)22(30)25-16-8-7-9-17(13-16)28-11-5-6-12-28/h7-9,13-15H,4-6,10-12H2,1-3H3,(H,25,30)(H,27,31,32). The Balaban J connectivity index is 1.80. The number of nitrogens with one attached hydrogen (secondary N) is 2. The van der Waals surface area contributed by atoms with E-state index in [-0.39, 0.29) is 22.5 Å². The highest BCUT2D eigenvalue weighted by Gasteiger charge is 2.21. The van der Waals surface area contributed by atoms with Gasteiger partial charge in [0.15, 0.2) is 5.65 Å². The van der Waals surface area contributed by atoms with Gasteiger partial charge in [-0.25, -0.2) is 9.78 Å². The van der Waals surface area contributed by atoms with Gasteiger partial charge in [-0.05, 0) is 49.4 Å². The maximum absolute atomic E-state index is 13.3. The van der Waals surface area contributed by atoms with Crippen LogP contribution in [0.1, 0.15) is 62.0 Å². The molecule has 0 saturated carbocycles. The first kappa shape index (κ1) is 21.8. The van der Waals surface area contributed by atoms with Gasteiger partial charge in [0.1, 0.15) is 0 Å². The Kier molecular flexibility index (Phi) is 6.12. The van der Waals surface area contributed by atoms with Crippen LogP contribution in [0.2, 0.25) is 0 Å². The van der Waals surface area contributed by atoms with Crippen molar-refractivity contribution in [2.75, 3.05) is 23.3 Å². The number of pyridine rings is 1. The van der Waals surface area contributed by atoms with E-state index in [2.05, 4.69) is 20.2 Å². The van der Waals surface area contributed by atoms with Crippen LogP contribution in [0.25, 0.3) is 11.0 Å². The summed E-state index contributed by atoms with van der Waals surface area (Å²) in [6.45, 7) is 8.29. The van der Waals surface area contributed by atoms with E-state index < -0.39 is 17.2 Å². The van der Waals surface area contributed by atoms with Gasteiger partial charge in [0, 0.05) is 36.7 Å². The molecule has 4 rings (SSSR count). The molecule has 2 aromatic heterocycles. The average Bonchev–Trinajstić information content (AvgIpc) is 3.31. The van der Waals surface area contributed by atoms with Crippen LogP contribution in [-0.2, 0) is 6.54 Å². The molecule has 168 valence electrons. The molecule has 1 aromatic carbocycles. The highest BCUT2D eigenvalue weighted by Crippen LogP contribution is 2.25. The predicted molar refractivity (Wildman–Crippen MR) is 127 cm³/mol. The van der Waals surface area contributed by atoms with Crippen LogP contribution in [-0.4, -0.2) is 33.5 Å². The second-order valence-electron chi connectivity index (χ2n) is 8.56. The number of carbonyl (C=O) groups excluding carboxylic acids is 1. The van der Waals surface area contributed by atoms with Crippen molar-refractivity contribution >= 4 is 28.3 Å². The average molecular weight is 436 g/mol. The van der Waals surface area contributed by atoms with Gasteiger partial charge < -0.3 is 10.2 Å². The molecule has 3 aromatic rings. The summed E-state index contributed by atoms with van der Waals surface area (Å²) in [5, 5.41) is 3.07. The molecule has 8 nitrogen and oxygen atoms in total. The van der Waals surface area contributed by atoms with E-state index in [9.17, 15) is 14.4 Å². The summed E-state index contributed by atoms with van der Waals surface area (Å²) in [5.74, 6) is -0.376. The summed E-state index contributed by atoms with van der Waals surface area (Å²) in [5.41, 5.74) is 1.74. The number of fused-ring (bicyclic) bond motifs is 1. The van der Waals surface area contributed by atoms with Crippen LogP contribution in [0, 0.1) is 0 Å². The lowest BCUT2D eigenvalue weighted by Gasteiger charge is -2.19. The molecule has 1 aliphatic heterocycles. The van der Waals surface area contributed by atoms with E-state index in [1.807, 2.05) is 45.0 Å². The van der Waals surface area contributed by atoms with Crippen molar-refractivity contribution in [1.29, 1.82) is 0 Å². The van der Waals surface area contributed by atoms with Gasteiger partial charge in [-0.2, -0.15) is 0 Å². The molecule has 0 atom stereocenters. The normalized spacial score (nSPS) is 13.8. The Morgan fingerprint density at radius 2 is 1.94 bits per heavy atom. The first-order valence-electron chi connectivity index (χ1n) is 11.2. The fourth-order valence-electron chi connectivity index (χ4n) is 4.15. The maximum atomic E-state index is 13.3. The summed E-state index contributed by atoms with van der Waals surface area (Å²) in [4.78, 5) is 47.7. The lowest BCUT2D eigenvalue weighted by Crippen LogP contribution is -2.32. The minimum atomic E-state index is -0.601. The predicted octanol–water partition coefficient (Wildman–Crippen LogP) is 3.47. The topological polar surface area (TPSA) is 100 Å². The van der Waals surface area contributed by atoms with Gasteiger partial charge >= 0.3 is 5.69 Å². The fourth-order valence-corrected chi connectivity index (χ4v) is 4.15. The van der Waals surface area contributed by atoms with Gasteiger partial charge in [-0.3, -0.25) is 19.1 Å². The number of hydrogen-bond donors (Lipinski definition) is 2. The molecule has 8 heteroatoms. The number of nitrogens with zero attached hydrogens (tertiary/aromatic N) is 3. The van der Waals surface area contributed by atoms with E-state index in [4.69, 9.17) is 0 Å². The second kappa shape index (κ2) is 8.98. The molecule has 0 unspecified atom stereocenters. The zero-order valence-electron chi connectivity index (χ0n) is 18.8. The Morgan fingerprint density at radius 3 is 2.62 bits per heavy atom. The summed E-state index contributed by atoms with van der Waals surface area (Å²) in [7, 11) is 0. The molecule has 32 heavy (non-hydrogen) atoms. The second-order valence-corrected chi connectivity index (χ2v) is 8.56. The number of aromatic amines is 1. The summed E-state index contributed by atoms with van der Waals surface area (Å²) >= 11 is 0. The quantitative estimate of drug-likeness (QED) is 0.618. The fraction of sp³-hybridized carbons (Fsp3) is 0.417. The summed E-state index contributed by atoms with van der Waals surface area (Å²) in [6, 6.07) is 9.39. The number of carbonyl (C=O) groups is 1. The molecule has 2 N–H and O–H groups in total. The Morgan fingerprint density at radius 1 is 1.19 bits per heavy atom. The lowest BCUT2D eigenvalue weighted by atomic mass is 10.0. The number of aryl methyl sites for hydroxylation is 1. The third-order valence-corrected chi connectivity index (χ3v) is 5.83. The van der Waals surface area contributed by atoms with Crippen molar-refractivity contribution in [3.05, 3.63) is 62.4 Å². The molecule has 1 amide bonds. The first-order valence-corrected chi connectivity index (χ1v) is 11.2. The number of rotatable bonds is 6. The van der Waals surface area contributed by atoms with Gasteiger partial charge in [0.2, 0.25) is 0 Å². The molecular formula is C24H29N5O3. The molecule has 0 aliphatic carbocycles. The number of benzene rings is 1. The molecule has 0 spiro atoms. The lowest BCUT2D eigenvalue weighted by molar-refractivity contribution is 0.102. The third-order valence-electron chi connectivity index (χ3n) is 5.83. The van der Waals surface area contributed by atoms with Gasteiger partial charge in [0.25, 0.3) is 11.5 Å². The minimum absolute atomic E-state index is 0.0221. The zero-order valence-corrected chi connectivity index (χ0v) is 18.8. The number of hydrogen-bond acceptors (Lipinski definition) is 5. The van der Waals surface area contributed by atoms with Crippen LogP contribution in [0.5, 0.6) is 0 Å². The van der Waals surface area contributed by atoms with E-state index in [1.54, 1.807) is 6.07 Å². The molecular weight excluding hydrogens is 406 g/mol. The third kappa shape index (κ3) is 4.17. The highest BCUT2D eigenvalue weighted by atomic mass is 16.2. The van der Waals surface area contributed by atoms with E-state index in [1.165, 1.54) is 17.4 Å². The molecule has 1 aliphatic rings. The molecule has 3 heterocycles. The minimum Gasteiger partial charge on any atom is -0.371 e. The SMILES string of the molecule is CCCn1c(=O)[nH]c(=O)c2c(C(=O)Nc3cccc(N4CCCC4)c3)cc(C(C)C)nc21. The number of aromatic nitrogens is 3. The van der Waals surface area contributed by atoms with Crippen LogP contribution in [0.3, 0.4) is 0 Å². The number of amides is 1. The Labute approximate surface area is 186 Å². The van der Waals surface area contributed by atoms with Gasteiger partial charge in [0.05, 0.1) is 10.9 Å². The molecule has 1 saturated heterocycles. The smallest absolute Gasteiger partial charge is 0.329 e. The van der Waals surface area contributed by atoms with Crippen LogP contribution < -0.4 is 21.5 Å². The largest absolute Gasteiger partial charge is 0.371 e. The number of anilines is 2.